The number of nitrogen functional groups attached to an aromatic ring is 1. The number of ether oxygens (including phenoxy) is 1. The molecule has 1 aromatic carbocycles. The second kappa shape index (κ2) is 4.28. The van der Waals surface area contributed by atoms with E-state index in [0.717, 1.165) is 41.9 Å². The monoisotopic (exact) mass is 271 g/mol. The van der Waals surface area contributed by atoms with Crippen molar-refractivity contribution >= 4 is 5.69 Å². The van der Waals surface area contributed by atoms with Gasteiger partial charge < -0.3 is 10.5 Å². The van der Waals surface area contributed by atoms with Crippen LogP contribution in [0.25, 0.3) is 11.4 Å². The van der Waals surface area contributed by atoms with Crippen molar-refractivity contribution in [2.24, 2.45) is 0 Å². The number of hydrogen-bond acceptors (Lipinski definition) is 5. The topological polar surface area (TPSA) is 78.9 Å². The lowest BCUT2D eigenvalue weighted by atomic mass is 9.95. The molecule has 3 unspecified atom stereocenters. The summed E-state index contributed by atoms with van der Waals surface area (Å²) in [6.45, 7) is 2.00. The molecule has 2 aromatic rings. The summed E-state index contributed by atoms with van der Waals surface area (Å²) < 4.78 is 7.83. The van der Waals surface area contributed by atoms with Gasteiger partial charge in [0.15, 0.2) is 5.82 Å². The fourth-order valence-electron chi connectivity index (χ4n) is 3.36. The maximum absolute atomic E-state index is 5.99. The van der Waals surface area contributed by atoms with Crippen molar-refractivity contribution in [3.63, 3.8) is 0 Å². The van der Waals surface area contributed by atoms with Crippen molar-refractivity contribution < 1.29 is 4.74 Å². The zero-order chi connectivity index (χ0) is 13.7. The van der Waals surface area contributed by atoms with Crippen molar-refractivity contribution in [3.8, 4) is 11.4 Å². The van der Waals surface area contributed by atoms with Gasteiger partial charge in [0.2, 0.25) is 0 Å². The first-order valence-corrected chi connectivity index (χ1v) is 7.03. The van der Waals surface area contributed by atoms with Gasteiger partial charge in [0, 0.05) is 11.3 Å². The molecule has 20 heavy (non-hydrogen) atoms. The standard InChI is InChI=1S/C14H17N5O/c1-8-10(3-2-4-11(8)15)14-16-17-18-19(14)12-7-9-5-6-13(12)20-9/h2-4,9,12-13H,5-7,15H2,1H3. The Morgan fingerprint density at radius 1 is 1.35 bits per heavy atom. The Hall–Kier alpha value is -1.95. The predicted octanol–water partition coefficient (Wildman–Crippen LogP) is 1.72. The maximum atomic E-state index is 5.99. The van der Waals surface area contributed by atoms with Gasteiger partial charge in [-0.3, -0.25) is 0 Å². The summed E-state index contributed by atoms with van der Waals surface area (Å²) in [4.78, 5) is 0. The molecular weight excluding hydrogens is 254 g/mol. The lowest BCUT2D eigenvalue weighted by Crippen LogP contribution is -2.23. The van der Waals surface area contributed by atoms with Gasteiger partial charge in [-0.25, -0.2) is 4.68 Å². The first-order chi connectivity index (χ1) is 9.74. The maximum Gasteiger partial charge on any atom is 0.182 e. The summed E-state index contributed by atoms with van der Waals surface area (Å²) in [5, 5.41) is 12.3. The minimum absolute atomic E-state index is 0.250. The molecule has 1 aromatic heterocycles. The van der Waals surface area contributed by atoms with Gasteiger partial charge >= 0.3 is 0 Å². The molecule has 2 N–H and O–H groups in total. The molecule has 2 fully saturated rings. The number of nitrogens with two attached hydrogens (primary N) is 1. The van der Waals surface area contributed by atoms with Gasteiger partial charge in [0.05, 0.1) is 18.2 Å². The Morgan fingerprint density at radius 3 is 3.00 bits per heavy atom. The van der Waals surface area contributed by atoms with E-state index in [0.29, 0.717) is 6.10 Å². The highest BCUT2D eigenvalue weighted by atomic mass is 16.5. The van der Waals surface area contributed by atoms with E-state index in [1.807, 2.05) is 29.8 Å². The second-order valence-electron chi connectivity index (χ2n) is 5.64. The van der Waals surface area contributed by atoms with Gasteiger partial charge in [0.25, 0.3) is 0 Å². The predicted molar refractivity (Wildman–Crippen MR) is 74.0 cm³/mol. The van der Waals surface area contributed by atoms with Crippen LogP contribution in [0.4, 0.5) is 5.69 Å². The molecule has 4 rings (SSSR count). The van der Waals surface area contributed by atoms with E-state index in [1.165, 1.54) is 0 Å². The van der Waals surface area contributed by atoms with Crippen LogP contribution in [0.15, 0.2) is 18.2 Å². The minimum atomic E-state index is 0.250. The van der Waals surface area contributed by atoms with Crippen molar-refractivity contribution in [2.45, 2.75) is 44.4 Å². The third-order valence-corrected chi connectivity index (χ3v) is 4.50. The smallest absolute Gasteiger partial charge is 0.182 e. The third-order valence-electron chi connectivity index (χ3n) is 4.50. The molecule has 2 aliphatic rings. The van der Waals surface area contributed by atoms with E-state index >= 15 is 0 Å². The lowest BCUT2D eigenvalue weighted by Gasteiger charge is -2.20. The molecule has 0 spiro atoms. The van der Waals surface area contributed by atoms with E-state index in [-0.39, 0.29) is 12.1 Å². The van der Waals surface area contributed by atoms with Crippen LogP contribution in [0.2, 0.25) is 0 Å². The van der Waals surface area contributed by atoms with Gasteiger partial charge in [-0.15, -0.1) is 5.10 Å². The van der Waals surface area contributed by atoms with Crippen molar-refractivity contribution in [1.82, 2.24) is 20.2 Å². The summed E-state index contributed by atoms with van der Waals surface area (Å²) in [6.07, 6.45) is 3.90. The largest absolute Gasteiger partial charge is 0.398 e. The molecule has 2 aliphatic heterocycles. The second-order valence-corrected chi connectivity index (χ2v) is 5.64. The quantitative estimate of drug-likeness (QED) is 0.841. The summed E-state index contributed by atoms with van der Waals surface area (Å²) in [5.74, 6) is 0.788. The summed E-state index contributed by atoms with van der Waals surface area (Å²) in [5.41, 5.74) is 8.77. The van der Waals surface area contributed by atoms with E-state index in [2.05, 4.69) is 15.5 Å². The first-order valence-electron chi connectivity index (χ1n) is 7.03. The van der Waals surface area contributed by atoms with E-state index in [4.69, 9.17) is 10.5 Å². The number of aromatic nitrogens is 4. The molecule has 6 heteroatoms. The zero-order valence-electron chi connectivity index (χ0n) is 11.4. The third kappa shape index (κ3) is 1.64. The number of benzene rings is 1. The number of nitrogens with zero attached hydrogens (tertiary/aromatic N) is 4. The van der Waals surface area contributed by atoms with E-state index in [1.54, 1.807) is 0 Å². The van der Waals surface area contributed by atoms with E-state index in [9.17, 15) is 0 Å². The molecule has 0 radical (unpaired) electrons. The van der Waals surface area contributed by atoms with Crippen LogP contribution in [0, 0.1) is 6.92 Å². The van der Waals surface area contributed by atoms with Crippen molar-refractivity contribution in [2.75, 3.05) is 5.73 Å². The molecular formula is C14H17N5O. The summed E-state index contributed by atoms with van der Waals surface area (Å²) in [7, 11) is 0. The fraction of sp³-hybridized carbons (Fsp3) is 0.500. The highest BCUT2D eigenvalue weighted by Gasteiger charge is 2.43. The Balaban J connectivity index is 1.77. The first kappa shape index (κ1) is 11.8. The summed E-state index contributed by atoms with van der Waals surface area (Å²) >= 11 is 0. The average Bonchev–Trinajstić information content (AvgIpc) is 3.15. The molecule has 0 aliphatic carbocycles. The van der Waals surface area contributed by atoms with Crippen LogP contribution in [0.3, 0.4) is 0 Å². The molecule has 3 atom stereocenters. The highest BCUT2D eigenvalue weighted by molar-refractivity contribution is 5.67. The minimum Gasteiger partial charge on any atom is -0.398 e. The lowest BCUT2D eigenvalue weighted by molar-refractivity contribution is 0.0922. The number of rotatable bonds is 2. The van der Waals surface area contributed by atoms with Crippen LogP contribution in [-0.4, -0.2) is 32.4 Å². The van der Waals surface area contributed by atoms with E-state index < -0.39 is 0 Å². The zero-order valence-corrected chi connectivity index (χ0v) is 11.4. The number of anilines is 1. The van der Waals surface area contributed by atoms with Crippen LogP contribution >= 0.6 is 0 Å². The number of fused-ring (bicyclic) bond motifs is 2. The molecule has 3 heterocycles. The van der Waals surface area contributed by atoms with Crippen LogP contribution < -0.4 is 5.73 Å². The molecule has 0 amide bonds. The van der Waals surface area contributed by atoms with Crippen LogP contribution in [0.1, 0.15) is 30.9 Å². The Kier molecular flexibility index (Phi) is 2.53. The Morgan fingerprint density at radius 2 is 2.25 bits per heavy atom. The fourth-order valence-corrected chi connectivity index (χ4v) is 3.36. The van der Waals surface area contributed by atoms with Gasteiger partial charge in [-0.05, 0) is 48.2 Å². The molecule has 104 valence electrons. The van der Waals surface area contributed by atoms with Crippen LogP contribution in [-0.2, 0) is 4.74 Å². The number of hydrogen-bond donors (Lipinski definition) is 1. The van der Waals surface area contributed by atoms with Gasteiger partial charge in [-0.2, -0.15) is 0 Å². The Labute approximate surface area is 116 Å². The normalized spacial score (nSPS) is 28.1. The van der Waals surface area contributed by atoms with Gasteiger partial charge in [-0.1, -0.05) is 12.1 Å². The number of tetrazole rings is 1. The van der Waals surface area contributed by atoms with Crippen LogP contribution in [0.5, 0.6) is 0 Å². The molecule has 0 saturated carbocycles. The Bertz CT molecular complexity index is 653. The summed E-state index contributed by atoms with van der Waals surface area (Å²) in [6, 6.07) is 6.10. The highest BCUT2D eigenvalue weighted by Crippen LogP contribution is 2.42. The average molecular weight is 271 g/mol. The molecule has 6 nitrogen and oxygen atoms in total. The van der Waals surface area contributed by atoms with Gasteiger partial charge in [0.1, 0.15) is 0 Å². The molecule has 2 saturated heterocycles. The van der Waals surface area contributed by atoms with Crippen molar-refractivity contribution in [3.05, 3.63) is 23.8 Å². The van der Waals surface area contributed by atoms with Crippen molar-refractivity contribution in [1.29, 1.82) is 0 Å². The molecule has 2 bridgehead atoms. The SMILES string of the molecule is Cc1c(N)cccc1-c1nnnn1C1CC2CCC1O2.